The van der Waals surface area contributed by atoms with Crippen molar-refractivity contribution in [3.63, 3.8) is 0 Å². The number of carbonyl (C=O) groups is 2. The third kappa shape index (κ3) is 5.03. The molecule has 1 aromatic heterocycles. The number of nitrogens with one attached hydrogen (secondary N) is 2. The van der Waals surface area contributed by atoms with Gasteiger partial charge in [0.05, 0.1) is 19.9 Å². The first-order valence-electron chi connectivity index (χ1n) is 9.03. The van der Waals surface area contributed by atoms with Crippen LogP contribution in [0.25, 0.3) is 17.3 Å². The number of rotatable bonds is 7. The molecule has 0 fully saturated rings. The van der Waals surface area contributed by atoms with Crippen LogP contribution < -0.4 is 20.1 Å². The Morgan fingerprint density at radius 1 is 1.03 bits per heavy atom. The number of nitrogens with zero attached hydrogens (tertiary/aromatic N) is 1. The van der Waals surface area contributed by atoms with Gasteiger partial charge in [-0.05, 0) is 42.0 Å². The van der Waals surface area contributed by atoms with Gasteiger partial charge < -0.3 is 14.8 Å². The molecule has 2 N–H and O–H groups in total. The number of thiazole rings is 1. The second-order valence-corrected chi connectivity index (χ2v) is 6.99. The van der Waals surface area contributed by atoms with E-state index in [4.69, 9.17) is 9.47 Å². The van der Waals surface area contributed by atoms with Crippen LogP contribution in [0.15, 0.2) is 53.9 Å². The number of hydrogen-bond acceptors (Lipinski definition) is 6. The second-order valence-electron chi connectivity index (χ2n) is 6.13. The molecule has 7 nitrogen and oxygen atoms in total. The quantitative estimate of drug-likeness (QED) is 0.564. The Hall–Kier alpha value is -3.65. The monoisotopic (exact) mass is 423 g/mol. The van der Waals surface area contributed by atoms with E-state index in [1.165, 1.54) is 17.4 Å². The largest absolute Gasteiger partial charge is 0.493 e. The number of ether oxygens (including phenoxy) is 2. The summed E-state index contributed by atoms with van der Waals surface area (Å²) in [7, 11) is 4.74. The van der Waals surface area contributed by atoms with E-state index >= 15 is 0 Å². The average molecular weight is 423 g/mol. The first-order valence-corrected chi connectivity index (χ1v) is 9.91. The molecule has 2 aromatic carbocycles. The Morgan fingerprint density at radius 2 is 1.77 bits per heavy atom. The first-order chi connectivity index (χ1) is 14.5. The maximum absolute atomic E-state index is 12.2. The molecule has 3 aromatic rings. The summed E-state index contributed by atoms with van der Waals surface area (Å²) < 4.78 is 10.6. The van der Waals surface area contributed by atoms with Crippen molar-refractivity contribution in [2.75, 3.05) is 26.6 Å². The SMILES string of the molecule is CNC(=O)c1ccc(/C=C/C(=O)Nc2nc(-c3ccc(OC)c(OC)c3)cs2)cc1. The maximum Gasteiger partial charge on any atom is 0.251 e. The summed E-state index contributed by atoms with van der Waals surface area (Å²) in [5, 5.41) is 7.67. The molecule has 0 aliphatic heterocycles. The highest BCUT2D eigenvalue weighted by molar-refractivity contribution is 7.14. The van der Waals surface area contributed by atoms with Crippen LogP contribution >= 0.6 is 11.3 Å². The number of amides is 2. The summed E-state index contributed by atoms with van der Waals surface area (Å²) >= 11 is 1.33. The zero-order chi connectivity index (χ0) is 21.5. The van der Waals surface area contributed by atoms with Gasteiger partial charge in [-0.15, -0.1) is 11.3 Å². The molecule has 8 heteroatoms. The van der Waals surface area contributed by atoms with Gasteiger partial charge in [0.2, 0.25) is 5.91 Å². The van der Waals surface area contributed by atoms with Crippen LogP contribution in [0.2, 0.25) is 0 Å². The van der Waals surface area contributed by atoms with Crippen molar-refractivity contribution >= 4 is 34.4 Å². The molecule has 0 unspecified atom stereocenters. The highest BCUT2D eigenvalue weighted by Crippen LogP contribution is 2.33. The van der Waals surface area contributed by atoms with E-state index in [9.17, 15) is 9.59 Å². The summed E-state index contributed by atoms with van der Waals surface area (Å²) in [5.74, 6) is 0.799. The summed E-state index contributed by atoms with van der Waals surface area (Å²) in [4.78, 5) is 28.2. The van der Waals surface area contributed by atoms with Crippen LogP contribution in [0.3, 0.4) is 0 Å². The van der Waals surface area contributed by atoms with E-state index < -0.39 is 0 Å². The molecule has 1 heterocycles. The zero-order valence-electron chi connectivity index (χ0n) is 16.8. The number of anilines is 1. The Balaban J connectivity index is 1.65. The molecule has 0 radical (unpaired) electrons. The van der Waals surface area contributed by atoms with E-state index in [1.54, 1.807) is 51.6 Å². The minimum Gasteiger partial charge on any atom is -0.493 e. The lowest BCUT2D eigenvalue weighted by Crippen LogP contribution is -2.17. The zero-order valence-corrected chi connectivity index (χ0v) is 17.6. The van der Waals surface area contributed by atoms with Gasteiger partial charge in [-0.3, -0.25) is 14.9 Å². The lowest BCUT2D eigenvalue weighted by molar-refractivity contribution is -0.111. The third-order valence-corrected chi connectivity index (χ3v) is 5.00. The molecule has 0 aliphatic rings. The molecule has 0 atom stereocenters. The number of benzene rings is 2. The Bertz CT molecular complexity index is 1070. The molecule has 0 saturated heterocycles. The highest BCUT2D eigenvalue weighted by Gasteiger charge is 2.10. The molecule has 0 aliphatic carbocycles. The lowest BCUT2D eigenvalue weighted by atomic mass is 10.1. The molecular weight excluding hydrogens is 402 g/mol. The van der Waals surface area contributed by atoms with Crippen LogP contribution in [-0.4, -0.2) is 38.1 Å². The van der Waals surface area contributed by atoms with Crippen LogP contribution in [0.4, 0.5) is 5.13 Å². The fourth-order valence-electron chi connectivity index (χ4n) is 2.67. The Kier molecular flexibility index (Phi) is 6.82. The summed E-state index contributed by atoms with van der Waals surface area (Å²) in [5.41, 5.74) is 2.95. The summed E-state index contributed by atoms with van der Waals surface area (Å²) in [6, 6.07) is 12.5. The average Bonchev–Trinajstić information content (AvgIpc) is 3.25. The van der Waals surface area contributed by atoms with Crippen LogP contribution in [0.1, 0.15) is 15.9 Å². The van der Waals surface area contributed by atoms with Gasteiger partial charge in [0, 0.05) is 29.6 Å². The van der Waals surface area contributed by atoms with Crippen molar-refractivity contribution in [2.24, 2.45) is 0 Å². The van der Waals surface area contributed by atoms with Crippen LogP contribution in [0, 0.1) is 0 Å². The summed E-state index contributed by atoms with van der Waals surface area (Å²) in [6.45, 7) is 0. The molecule has 154 valence electrons. The van der Waals surface area contributed by atoms with E-state index in [-0.39, 0.29) is 11.8 Å². The van der Waals surface area contributed by atoms with Crippen molar-refractivity contribution in [1.82, 2.24) is 10.3 Å². The number of hydrogen-bond donors (Lipinski definition) is 2. The fourth-order valence-corrected chi connectivity index (χ4v) is 3.39. The minimum atomic E-state index is -0.293. The Labute approximate surface area is 178 Å². The standard InChI is InChI=1S/C22H21N3O4S/c1-23-21(27)15-7-4-14(5-8-15)6-11-20(26)25-22-24-17(13-30-22)16-9-10-18(28-2)19(12-16)29-3/h4-13H,1-3H3,(H,23,27)(H,24,25,26)/b11-6+. The maximum atomic E-state index is 12.2. The third-order valence-electron chi connectivity index (χ3n) is 4.24. The predicted molar refractivity (Wildman–Crippen MR) is 118 cm³/mol. The normalized spacial score (nSPS) is 10.6. The predicted octanol–water partition coefficient (Wildman–Crippen LogP) is 3.84. The molecular formula is C22H21N3O4S. The molecule has 0 saturated carbocycles. The molecule has 0 spiro atoms. The van der Waals surface area contributed by atoms with E-state index in [0.29, 0.717) is 22.2 Å². The number of aromatic nitrogens is 1. The van der Waals surface area contributed by atoms with Crippen molar-refractivity contribution in [3.05, 3.63) is 65.0 Å². The van der Waals surface area contributed by atoms with Crippen molar-refractivity contribution in [3.8, 4) is 22.8 Å². The van der Waals surface area contributed by atoms with E-state index in [0.717, 1.165) is 16.8 Å². The van der Waals surface area contributed by atoms with Gasteiger partial charge >= 0.3 is 0 Å². The Morgan fingerprint density at radius 3 is 2.43 bits per heavy atom. The second kappa shape index (κ2) is 9.71. The van der Waals surface area contributed by atoms with Gasteiger partial charge in [-0.25, -0.2) is 4.98 Å². The van der Waals surface area contributed by atoms with E-state index in [2.05, 4.69) is 15.6 Å². The van der Waals surface area contributed by atoms with Crippen LogP contribution in [0.5, 0.6) is 11.5 Å². The van der Waals surface area contributed by atoms with Gasteiger partial charge in [-0.2, -0.15) is 0 Å². The van der Waals surface area contributed by atoms with Gasteiger partial charge in [0.1, 0.15) is 0 Å². The minimum absolute atomic E-state index is 0.155. The van der Waals surface area contributed by atoms with Gasteiger partial charge in [0.25, 0.3) is 5.91 Å². The summed E-state index contributed by atoms with van der Waals surface area (Å²) in [6.07, 6.45) is 3.10. The molecule has 3 rings (SSSR count). The van der Waals surface area contributed by atoms with Crippen molar-refractivity contribution in [2.45, 2.75) is 0 Å². The highest BCUT2D eigenvalue weighted by atomic mass is 32.1. The smallest absolute Gasteiger partial charge is 0.251 e. The van der Waals surface area contributed by atoms with Crippen molar-refractivity contribution < 1.29 is 19.1 Å². The number of methoxy groups -OCH3 is 2. The lowest BCUT2D eigenvalue weighted by Gasteiger charge is -2.08. The van der Waals surface area contributed by atoms with Gasteiger partial charge in [-0.1, -0.05) is 12.1 Å². The molecule has 2 amide bonds. The topological polar surface area (TPSA) is 89.6 Å². The van der Waals surface area contributed by atoms with E-state index in [1.807, 2.05) is 23.6 Å². The van der Waals surface area contributed by atoms with Crippen molar-refractivity contribution in [1.29, 1.82) is 0 Å². The van der Waals surface area contributed by atoms with Gasteiger partial charge in [0.15, 0.2) is 16.6 Å². The first kappa shape index (κ1) is 21.1. The van der Waals surface area contributed by atoms with Crippen LogP contribution in [-0.2, 0) is 4.79 Å². The molecule has 30 heavy (non-hydrogen) atoms. The molecule has 0 bridgehead atoms. The number of carbonyl (C=O) groups excluding carboxylic acids is 2. The fraction of sp³-hybridized carbons (Fsp3) is 0.136.